The fourth-order valence-electron chi connectivity index (χ4n) is 3.23. The van der Waals surface area contributed by atoms with E-state index in [0.29, 0.717) is 15.8 Å². The predicted octanol–water partition coefficient (Wildman–Crippen LogP) is 5.07. The minimum absolute atomic E-state index is 0.0928. The number of thiophene rings is 1. The largest absolute Gasteiger partial charge is 0.573 e. The normalized spacial score (nSPS) is 12.8. The first kappa shape index (κ1) is 21.1. The summed E-state index contributed by atoms with van der Waals surface area (Å²) in [4.78, 5) is 18.0. The maximum Gasteiger partial charge on any atom is 0.573 e. The minimum atomic E-state index is -4.79. The Morgan fingerprint density at radius 2 is 1.81 bits per heavy atom. The van der Waals surface area contributed by atoms with E-state index in [9.17, 15) is 23.1 Å². The van der Waals surface area contributed by atoms with Gasteiger partial charge in [0, 0.05) is 10.9 Å². The Kier molecular flexibility index (Phi) is 5.55. The van der Waals surface area contributed by atoms with Crippen molar-refractivity contribution < 1.29 is 23.0 Å². The third kappa shape index (κ3) is 4.62. The van der Waals surface area contributed by atoms with Gasteiger partial charge in [0.1, 0.15) is 10.6 Å². The molecule has 160 valence electrons. The number of benzene rings is 2. The van der Waals surface area contributed by atoms with Crippen molar-refractivity contribution in [2.45, 2.75) is 25.9 Å². The molecule has 0 aliphatic rings. The van der Waals surface area contributed by atoms with Crippen molar-refractivity contribution in [2.75, 3.05) is 0 Å². The van der Waals surface area contributed by atoms with Gasteiger partial charge >= 0.3 is 6.36 Å². The van der Waals surface area contributed by atoms with E-state index in [2.05, 4.69) is 9.72 Å². The molecule has 0 radical (unpaired) electrons. The van der Waals surface area contributed by atoms with Gasteiger partial charge < -0.3 is 9.84 Å². The molecular formula is C22H17F3N2O3S. The van der Waals surface area contributed by atoms with Gasteiger partial charge in [-0.05, 0) is 30.2 Å². The molecule has 2 aromatic carbocycles. The SMILES string of the molecule is Cc1ccc(-c2csc3ncn(CC(O)c4ccc(OC(F)(F)F)cc4)c(=O)c23)cc1. The first-order valence-electron chi connectivity index (χ1n) is 9.29. The second kappa shape index (κ2) is 8.16. The van der Waals surface area contributed by atoms with Crippen LogP contribution in [-0.4, -0.2) is 21.0 Å². The molecule has 0 fully saturated rings. The zero-order valence-electron chi connectivity index (χ0n) is 16.3. The van der Waals surface area contributed by atoms with Crippen LogP contribution in [0, 0.1) is 6.92 Å². The first-order chi connectivity index (χ1) is 14.7. The molecular weight excluding hydrogens is 429 g/mol. The molecule has 5 nitrogen and oxygen atoms in total. The Labute approximate surface area is 179 Å². The van der Waals surface area contributed by atoms with E-state index in [1.165, 1.54) is 34.4 Å². The van der Waals surface area contributed by atoms with Crippen LogP contribution in [0.15, 0.2) is 65.0 Å². The molecule has 0 aliphatic heterocycles. The van der Waals surface area contributed by atoms with Gasteiger partial charge in [0.25, 0.3) is 5.56 Å². The van der Waals surface area contributed by atoms with Crippen LogP contribution in [-0.2, 0) is 6.54 Å². The summed E-state index contributed by atoms with van der Waals surface area (Å²) in [6.07, 6.45) is -4.53. The van der Waals surface area contributed by atoms with Crippen LogP contribution in [0.3, 0.4) is 0 Å². The van der Waals surface area contributed by atoms with Gasteiger partial charge in [-0.15, -0.1) is 24.5 Å². The van der Waals surface area contributed by atoms with Crippen LogP contribution in [0.4, 0.5) is 13.2 Å². The van der Waals surface area contributed by atoms with Crippen LogP contribution in [0.1, 0.15) is 17.2 Å². The molecule has 0 saturated heterocycles. The van der Waals surface area contributed by atoms with Gasteiger partial charge in [-0.1, -0.05) is 42.0 Å². The molecule has 0 spiro atoms. The van der Waals surface area contributed by atoms with E-state index in [1.807, 2.05) is 36.6 Å². The number of fused-ring (bicyclic) bond motifs is 1. The first-order valence-corrected chi connectivity index (χ1v) is 10.2. The average molecular weight is 446 g/mol. The number of rotatable bonds is 5. The third-order valence-corrected chi connectivity index (χ3v) is 5.68. The molecule has 0 saturated carbocycles. The lowest BCUT2D eigenvalue weighted by molar-refractivity contribution is -0.274. The highest BCUT2D eigenvalue weighted by Crippen LogP contribution is 2.31. The number of halogens is 3. The lowest BCUT2D eigenvalue weighted by Gasteiger charge is -2.14. The molecule has 31 heavy (non-hydrogen) atoms. The zero-order valence-corrected chi connectivity index (χ0v) is 17.1. The molecule has 1 unspecified atom stereocenters. The van der Waals surface area contributed by atoms with E-state index in [4.69, 9.17) is 0 Å². The van der Waals surface area contributed by atoms with Gasteiger partial charge in [0.15, 0.2) is 0 Å². The molecule has 4 aromatic rings. The van der Waals surface area contributed by atoms with E-state index in [0.717, 1.165) is 28.8 Å². The molecule has 2 heterocycles. The standard InChI is InChI=1S/C22H17F3N2O3S/c1-13-2-4-14(5-3-13)17-11-31-20-19(17)21(29)27(12-26-20)10-18(28)15-6-8-16(9-7-15)30-22(23,24)25/h2-9,11-12,18,28H,10H2,1H3. The van der Waals surface area contributed by atoms with E-state index in [1.54, 1.807) is 0 Å². The number of nitrogens with zero attached hydrogens (tertiary/aromatic N) is 2. The number of ether oxygens (including phenoxy) is 1. The summed E-state index contributed by atoms with van der Waals surface area (Å²) in [6.45, 7) is 1.89. The average Bonchev–Trinajstić information content (AvgIpc) is 3.15. The Morgan fingerprint density at radius 1 is 1.13 bits per heavy atom. The zero-order chi connectivity index (χ0) is 22.2. The van der Waals surface area contributed by atoms with Crippen LogP contribution < -0.4 is 10.3 Å². The summed E-state index contributed by atoms with van der Waals surface area (Å²) in [5.74, 6) is -0.385. The van der Waals surface area contributed by atoms with Crippen molar-refractivity contribution in [1.82, 2.24) is 9.55 Å². The molecule has 9 heteroatoms. The fraction of sp³-hybridized carbons (Fsp3) is 0.182. The van der Waals surface area contributed by atoms with Gasteiger partial charge in [-0.25, -0.2) is 4.98 Å². The van der Waals surface area contributed by atoms with Gasteiger partial charge in [-0.2, -0.15) is 0 Å². The van der Waals surface area contributed by atoms with Crippen LogP contribution >= 0.6 is 11.3 Å². The summed E-state index contributed by atoms with van der Waals surface area (Å²) < 4.78 is 42.0. The third-order valence-electron chi connectivity index (χ3n) is 4.79. The Morgan fingerprint density at radius 3 is 2.45 bits per heavy atom. The van der Waals surface area contributed by atoms with Gasteiger partial charge in [0.05, 0.1) is 24.4 Å². The van der Waals surface area contributed by atoms with E-state index < -0.39 is 12.5 Å². The summed E-state index contributed by atoms with van der Waals surface area (Å²) in [7, 11) is 0. The number of aryl methyl sites for hydroxylation is 1. The summed E-state index contributed by atoms with van der Waals surface area (Å²) >= 11 is 1.36. The molecule has 1 atom stereocenters. The summed E-state index contributed by atoms with van der Waals surface area (Å²) in [5, 5.41) is 12.9. The van der Waals surface area contributed by atoms with Crippen LogP contribution in [0.25, 0.3) is 21.3 Å². The molecule has 0 aliphatic carbocycles. The molecule has 0 bridgehead atoms. The van der Waals surface area contributed by atoms with Crippen molar-refractivity contribution in [3.8, 4) is 16.9 Å². The molecule has 0 amide bonds. The maximum atomic E-state index is 13.1. The number of aliphatic hydroxyl groups excluding tert-OH is 1. The molecule has 4 rings (SSSR count). The van der Waals surface area contributed by atoms with Crippen LogP contribution in [0.2, 0.25) is 0 Å². The van der Waals surface area contributed by atoms with Crippen LogP contribution in [0.5, 0.6) is 5.75 Å². The highest BCUT2D eigenvalue weighted by Gasteiger charge is 2.31. The Bertz CT molecular complexity index is 1260. The molecule has 2 aromatic heterocycles. The number of alkyl halides is 3. The smallest absolute Gasteiger partial charge is 0.406 e. The number of aromatic nitrogens is 2. The van der Waals surface area contributed by atoms with Crippen molar-refractivity contribution in [2.24, 2.45) is 0 Å². The highest BCUT2D eigenvalue weighted by molar-refractivity contribution is 7.17. The number of hydrogen-bond donors (Lipinski definition) is 1. The van der Waals surface area contributed by atoms with Crippen molar-refractivity contribution in [3.63, 3.8) is 0 Å². The van der Waals surface area contributed by atoms with Gasteiger partial charge in [-0.3, -0.25) is 9.36 Å². The fourth-order valence-corrected chi connectivity index (χ4v) is 4.13. The lowest BCUT2D eigenvalue weighted by atomic mass is 10.0. The maximum absolute atomic E-state index is 13.1. The molecule has 1 N–H and O–H groups in total. The quantitative estimate of drug-likeness (QED) is 0.465. The highest BCUT2D eigenvalue weighted by atomic mass is 32.1. The van der Waals surface area contributed by atoms with Crippen molar-refractivity contribution in [3.05, 3.63) is 81.7 Å². The monoisotopic (exact) mass is 446 g/mol. The van der Waals surface area contributed by atoms with Gasteiger partial charge in [0.2, 0.25) is 0 Å². The number of hydrogen-bond acceptors (Lipinski definition) is 5. The van der Waals surface area contributed by atoms with Crippen molar-refractivity contribution in [1.29, 1.82) is 0 Å². The minimum Gasteiger partial charge on any atom is -0.406 e. The second-order valence-electron chi connectivity index (χ2n) is 7.03. The van der Waals surface area contributed by atoms with E-state index >= 15 is 0 Å². The topological polar surface area (TPSA) is 64.3 Å². The second-order valence-corrected chi connectivity index (χ2v) is 7.89. The Hall–Kier alpha value is -3.17. The van der Waals surface area contributed by atoms with E-state index in [-0.39, 0.29) is 17.9 Å². The predicted molar refractivity (Wildman–Crippen MR) is 112 cm³/mol. The Balaban J connectivity index is 1.61. The summed E-state index contributed by atoms with van der Waals surface area (Å²) in [5.41, 5.74) is 2.83. The lowest BCUT2D eigenvalue weighted by Crippen LogP contribution is -2.23. The number of aliphatic hydroxyl groups is 1. The summed E-state index contributed by atoms with van der Waals surface area (Å²) in [6, 6.07) is 12.7. The van der Waals surface area contributed by atoms with Crippen molar-refractivity contribution >= 4 is 21.6 Å².